The van der Waals surface area contributed by atoms with Gasteiger partial charge in [0.15, 0.2) is 11.5 Å². The summed E-state index contributed by atoms with van der Waals surface area (Å²) in [4.78, 5) is 19.0. The van der Waals surface area contributed by atoms with Crippen molar-refractivity contribution in [1.82, 2.24) is 15.2 Å². The van der Waals surface area contributed by atoms with Crippen LogP contribution in [0.2, 0.25) is 0 Å². The van der Waals surface area contributed by atoms with E-state index in [0.29, 0.717) is 17.2 Å². The number of carbonyl (C=O) groups excluding carboxylic acids is 1. The molecule has 0 aliphatic carbocycles. The molecule has 1 atom stereocenters. The van der Waals surface area contributed by atoms with Gasteiger partial charge in [0.2, 0.25) is 5.91 Å². The Morgan fingerprint density at radius 1 is 1.08 bits per heavy atom. The maximum atomic E-state index is 12.6. The third-order valence-electron chi connectivity index (χ3n) is 4.41. The van der Waals surface area contributed by atoms with Crippen molar-refractivity contribution >= 4 is 45.4 Å². The Labute approximate surface area is 148 Å². The van der Waals surface area contributed by atoms with Gasteiger partial charge < -0.3 is 0 Å². The van der Waals surface area contributed by atoms with Crippen LogP contribution in [-0.2, 0) is 4.79 Å². The lowest BCUT2D eigenvalue weighted by Gasteiger charge is -2.22. The van der Waals surface area contributed by atoms with Gasteiger partial charge >= 0.3 is 0 Å². The van der Waals surface area contributed by atoms with E-state index in [4.69, 9.17) is 0 Å². The maximum absolute atomic E-state index is 12.6. The summed E-state index contributed by atoms with van der Waals surface area (Å²) in [6.45, 7) is 0. The smallest absolute Gasteiger partial charge is 0.239 e. The number of anilines is 1. The summed E-state index contributed by atoms with van der Waals surface area (Å²) < 4.78 is 0. The Kier molecular flexibility index (Phi) is 3.24. The molecule has 5 rings (SSSR count). The standard InChI is InChI=1S/C19H14N4OS/c24-16-11-25-19(12-6-2-1-3-7-12)23(16)18-14-10-13-8-4-5-9-15(13)20-17(14)21-22-18/h1-10,19H,11H2,(H,20,21,22). The molecule has 0 radical (unpaired) electrons. The number of nitrogens with zero attached hydrogens (tertiary/aromatic N) is 3. The molecule has 0 spiro atoms. The van der Waals surface area contributed by atoms with Crippen molar-refractivity contribution in [2.75, 3.05) is 10.7 Å². The van der Waals surface area contributed by atoms with Crippen LogP contribution in [0.1, 0.15) is 10.9 Å². The highest BCUT2D eigenvalue weighted by atomic mass is 32.2. The minimum Gasteiger partial charge on any atom is -0.277 e. The molecule has 25 heavy (non-hydrogen) atoms. The Morgan fingerprint density at radius 2 is 1.88 bits per heavy atom. The fourth-order valence-electron chi connectivity index (χ4n) is 3.24. The molecular formula is C19H14N4OS. The van der Waals surface area contributed by atoms with E-state index in [9.17, 15) is 4.79 Å². The first-order chi connectivity index (χ1) is 12.3. The van der Waals surface area contributed by atoms with Gasteiger partial charge in [-0.3, -0.25) is 14.8 Å². The predicted octanol–water partition coefficient (Wildman–Crippen LogP) is 3.89. The fourth-order valence-corrected chi connectivity index (χ4v) is 4.39. The van der Waals surface area contributed by atoms with Crippen molar-refractivity contribution in [3.63, 3.8) is 0 Å². The monoisotopic (exact) mass is 346 g/mol. The van der Waals surface area contributed by atoms with Gasteiger partial charge in [0.05, 0.1) is 16.7 Å². The van der Waals surface area contributed by atoms with E-state index in [1.165, 1.54) is 0 Å². The topological polar surface area (TPSA) is 61.9 Å². The molecule has 0 saturated carbocycles. The van der Waals surface area contributed by atoms with Crippen molar-refractivity contribution in [2.24, 2.45) is 0 Å². The third kappa shape index (κ3) is 2.29. The van der Waals surface area contributed by atoms with Crippen LogP contribution >= 0.6 is 11.8 Å². The van der Waals surface area contributed by atoms with E-state index < -0.39 is 0 Å². The Balaban J connectivity index is 1.68. The first kappa shape index (κ1) is 14.5. The van der Waals surface area contributed by atoms with Gasteiger partial charge in [-0.05, 0) is 17.7 Å². The van der Waals surface area contributed by atoms with Crippen molar-refractivity contribution < 1.29 is 4.79 Å². The van der Waals surface area contributed by atoms with Gasteiger partial charge in [-0.25, -0.2) is 4.98 Å². The molecule has 122 valence electrons. The summed E-state index contributed by atoms with van der Waals surface area (Å²) >= 11 is 1.62. The van der Waals surface area contributed by atoms with Crippen LogP contribution in [0.15, 0.2) is 60.7 Å². The van der Waals surface area contributed by atoms with E-state index in [-0.39, 0.29) is 11.3 Å². The first-order valence-electron chi connectivity index (χ1n) is 8.04. The Morgan fingerprint density at radius 3 is 2.76 bits per heavy atom. The molecule has 2 aromatic heterocycles. The molecule has 6 heteroatoms. The summed E-state index contributed by atoms with van der Waals surface area (Å²) in [7, 11) is 0. The highest BCUT2D eigenvalue weighted by Crippen LogP contribution is 2.43. The van der Waals surface area contributed by atoms with Gasteiger partial charge in [0.25, 0.3) is 0 Å². The van der Waals surface area contributed by atoms with E-state index in [1.54, 1.807) is 16.7 Å². The van der Waals surface area contributed by atoms with Crippen LogP contribution in [0.3, 0.4) is 0 Å². The first-order valence-corrected chi connectivity index (χ1v) is 9.08. The van der Waals surface area contributed by atoms with Gasteiger partial charge in [-0.1, -0.05) is 48.5 Å². The number of amides is 1. The number of carbonyl (C=O) groups is 1. The molecular weight excluding hydrogens is 332 g/mol. The quantitative estimate of drug-likeness (QED) is 0.598. The zero-order valence-corrected chi connectivity index (χ0v) is 14.0. The number of thioether (sulfide) groups is 1. The minimum absolute atomic E-state index is 0.0633. The molecule has 1 saturated heterocycles. The normalized spacial score (nSPS) is 17.7. The van der Waals surface area contributed by atoms with Crippen LogP contribution in [0, 0.1) is 0 Å². The lowest BCUT2D eigenvalue weighted by Crippen LogP contribution is -2.28. The molecule has 4 aromatic rings. The number of H-pyrrole nitrogens is 1. The van der Waals surface area contributed by atoms with E-state index in [1.807, 2.05) is 54.6 Å². The number of benzene rings is 2. The second kappa shape index (κ2) is 5.60. The van der Waals surface area contributed by atoms with Crippen LogP contribution in [0.5, 0.6) is 0 Å². The van der Waals surface area contributed by atoms with Crippen molar-refractivity contribution in [1.29, 1.82) is 0 Å². The van der Waals surface area contributed by atoms with Gasteiger partial charge in [-0.15, -0.1) is 11.8 Å². The SMILES string of the molecule is O=C1CSC(c2ccccc2)N1c1n[nH]c2nc3ccccc3cc12. The summed E-state index contributed by atoms with van der Waals surface area (Å²) in [6.07, 6.45) is 0. The van der Waals surface area contributed by atoms with Crippen LogP contribution in [0.25, 0.3) is 21.9 Å². The summed E-state index contributed by atoms with van der Waals surface area (Å²) in [5, 5.41) is 9.26. The van der Waals surface area contributed by atoms with Crippen LogP contribution < -0.4 is 4.90 Å². The summed E-state index contributed by atoms with van der Waals surface area (Å²) in [5.74, 6) is 1.17. The molecule has 1 amide bonds. The molecule has 1 unspecified atom stereocenters. The molecule has 1 fully saturated rings. The number of hydrogen-bond acceptors (Lipinski definition) is 4. The highest BCUT2D eigenvalue weighted by molar-refractivity contribution is 8.00. The average Bonchev–Trinajstić information content (AvgIpc) is 3.23. The van der Waals surface area contributed by atoms with E-state index in [2.05, 4.69) is 21.2 Å². The lowest BCUT2D eigenvalue weighted by molar-refractivity contribution is -0.115. The number of para-hydroxylation sites is 1. The molecule has 1 aliphatic rings. The molecule has 0 bridgehead atoms. The number of aromatic nitrogens is 3. The van der Waals surface area contributed by atoms with E-state index in [0.717, 1.165) is 21.9 Å². The number of hydrogen-bond donors (Lipinski definition) is 1. The number of rotatable bonds is 2. The van der Waals surface area contributed by atoms with Gasteiger partial charge in [0.1, 0.15) is 5.37 Å². The molecule has 5 nitrogen and oxygen atoms in total. The number of pyridine rings is 1. The Hall–Kier alpha value is -2.86. The van der Waals surface area contributed by atoms with Crippen molar-refractivity contribution in [3.05, 3.63) is 66.2 Å². The minimum atomic E-state index is -0.0633. The highest BCUT2D eigenvalue weighted by Gasteiger charge is 2.36. The predicted molar refractivity (Wildman–Crippen MR) is 101 cm³/mol. The zero-order valence-electron chi connectivity index (χ0n) is 13.2. The van der Waals surface area contributed by atoms with Crippen molar-refractivity contribution in [2.45, 2.75) is 5.37 Å². The summed E-state index contributed by atoms with van der Waals surface area (Å²) in [6, 6.07) is 20.1. The van der Waals surface area contributed by atoms with E-state index >= 15 is 0 Å². The largest absolute Gasteiger partial charge is 0.277 e. The van der Waals surface area contributed by atoms with Gasteiger partial charge in [-0.2, -0.15) is 5.10 Å². The second-order valence-electron chi connectivity index (χ2n) is 5.96. The average molecular weight is 346 g/mol. The maximum Gasteiger partial charge on any atom is 0.239 e. The van der Waals surface area contributed by atoms with Crippen LogP contribution in [0.4, 0.5) is 5.82 Å². The molecule has 3 heterocycles. The zero-order chi connectivity index (χ0) is 16.8. The fraction of sp³-hybridized carbons (Fsp3) is 0.105. The molecule has 2 aromatic carbocycles. The lowest BCUT2D eigenvalue weighted by atomic mass is 10.1. The van der Waals surface area contributed by atoms with Crippen LogP contribution in [-0.4, -0.2) is 26.8 Å². The third-order valence-corrected chi connectivity index (χ3v) is 5.63. The Bertz CT molecular complexity index is 1090. The van der Waals surface area contributed by atoms with Gasteiger partial charge in [0, 0.05) is 5.39 Å². The number of fused-ring (bicyclic) bond motifs is 2. The summed E-state index contributed by atoms with van der Waals surface area (Å²) in [5.41, 5.74) is 2.71. The molecule has 1 N–H and O–H groups in total. The van der Waals surface area contributed by atoms with Crippen molar-refractivity contribution in [3.8, 4) is 0 Å². The molecule has 1 aliphatic heterocycles. The second-order valence-corrected chi connectivity index (χ2v) is 7.03. The number of aromatic amines is 1. The number of nitrogens with one attached hydrogen (secondary N) is 1.